The molecule has 0 fully saturated rings. The average molecular weight is 279 g/mol. The molecule has 0 saturated carbocycles. The molecule has 20 heavy (non-hydrogen) atoms. The highest BCUT2D eigenvalue weighted by atomic mass is 16.7. The summed E-state index contributed by atoms with van der Waals surface area (Å²) in [6.07, 6.45) is -0.756. The summed E-state index contributed by atoms with van der Waals surface area (Å²) in [6.45, 7) is 1.85. The molecule has 0 saturated heterocycles. The van der Waals surface area contributed by atoms with Gasteiger partial charge < -0.3 is 19.7 Å². The highest BCUT2D eigenvalue weighted by molar-refractivity contribution is 6.02. The standard InChI is InChI=1S/C13H17N3O4/c1-4-20-12(17)15-13(18-2,19-3)11(16-14)10-8-6-5-7-9-10/h5-9H,4H2,1-3H3,(H,15,17). The molecule has 0 bridgehead atoms. The predicted molar refractivity (Wildman–Crippen MR) is 71.1 cm³/mol. The van der Waals surface area contributed by atoms with Crippen LogP contribution in [0.3, 0.4) is 0 Å². The van der Waals surface area contributed by atoms with Crippen LogP contribution >= 0.6 is 0 Å². The van der Waals surface area contributed by atoms with Gasteiger partial charge in [-0.05, 0) is 19.1 Å². The first-order valence-electron chi connectivity index (χ1n) is 5.96. The van der Waals surface area contributed by atoms with Gasteiger partial charge in [-0.3, -0.25) is 5.32 Å². The Morgan fingerprint density at radius 2 is 1.90 bits per heavy atom. The van der Waals surface area contributed by atoms with E-state index in [-0.39, 0.29) is 12.3 Å². The largest absolute Gasteiger partial charge is 0.450 e. The Kier molecular flexibility index (Phi) is 5.86. The lowest BCUT2D eigenvalue weighted by Gasteiger charge is -2.26. The number of carbonyl (C=O) groups is 1. The van der Waals surface area contributed by atoms with Crippen molar-refractivity contribution in [2.24, 2.45) is 0 Å². The fourth-order valence-corrected chi connectivity index (χ4v) is 1.65. The van der Waals surface area contributed by atoms with Crippen LogP contribution in [0.15, 0.2) is 30.3 Å². The van der Waals surface area contributed by atoms with Gasteiger partial charge in [0.2, 0.25) is 0 Å². The summed E-state index contributed by atoms with van der Waals surface area (Å²) in [5, 5.41) is 2.38. The van der Waals surface area contributed by atoms with Gasteiger partial charge in [0.05, 0.1) is 12.2 Å². The van der Waals surface area contributed by atoms with Gasteiger partial charge in [0.15, 0.2) is 0 Å². The number of nitrogens with one attached hydrogen (secondary N) is 1. The van der Waals surface area contributed by atoms with Crippen molar-refractivity contribution in [2.45, 2.75) is 12.8 Å². The molecule has 0 unspecified atom stereocenters. The van der Waals surface area contributed by atoms with Crippen molar-refractivity contribution < 1.29 is 23.8 Å². The summed E-state index contributed by atoms with van der Waals surface area (Å²) < 4.78 is 15.2. The SMILES string of the molecule is CCOC(=O)NC(OC)(OC)C(=[N+]=[N-])c1ccccc1. The van der Waals surface area contributed by atoms with E-state index in [1.165, 1.54) is 14.2 Å². The van der Waals surface area contributed by atoms with Crippen molar-refractivity contribution in [2.75, 3.05) is 20.8 Å². The molecule has 0 heterocycles. The van der Waals surface area contributed by atoms with E-state index < -0.39 is 12.0 Å². The van der Waals surface area contributed by atoms with E-state index >= 15 is 0 Å². The number of rotatable bonds is 6. The summed E-state index contributed by atoms with van der Waals surface area (Å²) in [5.74, 6) is -1.75. The lowest BCUT2D eigenvalue weighted by atomic mass is 10.1. The van der Waals surface area contributed by atoms with Gasteiger partial charge in [-0.25, -0.2) is 4.79 Å². The van der Waals surface area contributed by atoms with Crippen molar-refractivity contribution in [1.82, 2.24) is 5.32 Å². The zero-order chi connectivity index (χ0) is 15.0. The van der Waals surface area contributed by atoms with Gasteiger partial charge in [-0.1, -0.05) is 18.2 Å². The molecule has 1 aromatic rings. The Morgan fingerprint density at radius 1 is 1.30 bits per heavy atom. The zero-order valence-corrected chi connectivity index (χ0v) is 11.6. The fourth-order valence-electron chi connectivity index (χ4n) is 1.65. The molecule has 108 valence electrons. The highest BCUT2D eigenvalue weighted by Gasteiger charge is 2.47. The van der Waals surface area contributed by atoms with Crippen molar-refractivity contribution in [3.05, 3.63) is 41.4 Å². The van der Waals surface area contributed by atoms with E-state index in [2.05, 4.69) is 10.1 Å². The van der Waals surface area contributed by atoms with E-state index in [0.717, 1.165) is 0 Å². The lowest BCUT2D eigenvalue weighted by Crippen LogP contribution is -2.58. The third kappa shape index (κ3) is 3.42. The molecule has 0 aliphatic carbocycles. The van der Waals surface area contributed by atoms with Gasteiger partial charge in [-0.15, -0.1) is 0 Å². The van der Waals surface area contributed by atoms with Crippen LogP contribution in [0.25, 0.3) is 5.53 Å². The van der Waals surface area contributed by atoms with Gasteiger partial charge >= 0.3 is 17.7 Å². The number of benzene rings is 1. The Balaban J connectivity index is 3.17. The molecule has 1 rings (SSSR count). The number of carbonyl (C=O) groups excluding carboxylic acids is 1. The van der Waals surface area contributed by atoms with Crippen LogP contribution in [0.4, 0.5) is 4.79 Å². The Hall–Kier alpha value is -2.21. The first kappa shape index (κ1) is 15.8. The van der Waals surface area contributed by atoms with Crippen LogP contribution in [0.1, 0.15) is 12.5 Å². The number of nitrogens with zero attached hydrogens (tertiary/aromatic N) is 2. The number of methoxy groups -OCH3 is 2. The summed E-state index contributed by atoms with van der Waals surface area (Å²) in [6, 6.07) is 8.68. The van der Waals surface area contributed by atoms with Crippen LogP contribution in [0.5, 0.6) is 0 Å². The monoisotopic (exact) mass is 279 g/mol. The minimum atomic E-state index is -1.75. The van der Waals surface area contributed by atoms with Crippen molar-refractivity contribution in [1.29, 1.82) is 0 Å². The Morgan fingerprint density at radius 3 is 2.35 bits per heavy atom. The molecular weight excluding hydrogens is 262 g/mol. The quantitative estimate of drug-likeness (QED) is 0.368. The van der Waals surface area contributed by atoms with Crippen LogP contribution in [0, 0.1) is 0 Å². The molecule has 1 N–H and O–H groups in total. The highest BCUT2D eigenvalue weighted by Crippen LogP contribution is 2.15. The van der Waals surface area contributed by atoms with Crippen LogP contribution < -0.4 is 5.32 Å². The third-order valence-corrected chi connectivity index (χ3v) is 2.58. The molecule has 0 atom stereocenters. The van der Waals surface area contributed by atoms with E-state index in [0.29, 0.717) is 5.56 Å². The molecule has 0 aliphatic heterocycles. The van der Waals surface area contributed by atoms with Crippen molar-refractivity contribution in [3.8, 4) is 0 Å². The average Bonchev–Trinajstić information content (AvgIpc) is 2.48. The Labute approximate surface area is 117 Å². The van der Waals surface area contributed by atoms with E-state index in [9.17, 15) is 10.3 Å². The van der Waals surface area contributed by atoms with E-state index in [1.807, 2.05) is 0 Å². The van der Waals surface area contributed by atoms with Gasteiger partial charge in [-0.2, -0.15) is 4.79 Å². The second kappa shape index (κ2) is 7.40. The van der Waals surface area contributed by atoms with E-state index in [1.54, 1.807) is 37.3 Å². The molecule has 0 aromatic heterocycles. The second-order valence-corrected chi connectivity index (χ2v) is 3.68. The molecular formula is C13H17N3O4. The minimum Gasteiger partial charge on any atom is -0.450 e. The van der Waals surface area contributed by atoms with Crippen LogP contribution in [-0.2, 0) is 14.2 Å². The topological polar surface area (TPSA) is 93.2 Å². The predicted octanol–water partition coefficient (Wildman–Crippen LogP) is 1.40. The number of hydrogen-bond acceptors (Lipinski definition) is 4. The molecule has 7 heteroatoms. The first-order valence-corrected chi connectivity index (χ1v) is 5.96. The summed E-state index contributed by atoms with van der Waals surface area (Å²) in [7, 11) is 2.62. The second-order valence-electron chi connectivity index (χ2n) is 3.68. The maximum absolute atomic E-state index is 11.6. The molecule has 1 amide bonds. The summed E-state index contributed by atoms with van der Waals surface area (Å²) in [4.78, 5) is 14.8. The van der Waals surface area contributed by atoms with Crippen molar-refractivity contribution >= 4 is 11.8 Å². The molecule has 0 radical (unpaired) electrons. The first-order chi connectivity index (χ1) is 9.63. The van der Waals surface area contributed by atoms with Crippen LogP contribution in [-0.4, -0.2) is 43.3 Å². The van der Waals surface area contributed by atoms with Crippen LogP contribution in [0.2, 0.25) is 0 Å². The maximum atomic E-state index is 11.6. The Bertz CT molecular complexity index is 494. The number of amides is 1. The lowest BCUT2D eigenvalue weighted by molar-refractivity contribution is -0.191. The summed E-state index contributed by atoms with van der Waals surface area (Å²) in [5.41, 5.74) is 9.78. The van der Waals surface area contributed by atoms with Crippen molar-refractivity contribution in [3.63, 3.8) is 0 Å². The minimum absolute atomic E-state index is 0.00356. The maximum Gasteiger partial charge on any atom is 0.411 e. The van der Waals surface area contributed by atoms with E-state index in [4.69, 9.17) is 14.2 Å². The smallest absolute Gasteiger partial charge is 0.411 e. The fraction of sp³-hybridized carbons (Fsp3) is 0.385. The van der Waals surface area contributed by atoms with Gasteiger partial charge in [0, 0.05) is 14.2 Å². The van der Waals surface area contributed by atoms with Gasteiger partial charge in [0.25, 0.3) is 0 Å². The number of hydrogen-bond donors (Lipinski definition) is 1. The summed E-state index contributed by atoms with van der Waals surface area (Å²) >= 11 is 0. The normalized spacial score (nSPS) is 10.6. The third-order valence-electron chi connectivity index (χ3n) is 2.58. The molecule has 7 nitrogen and oxygen atoms in total. The number of alkyl carbamates (subject to hydrolysis) is 1. The number of ether oxygens (including phenoxy) is 3. The molecule has 0 spiro atoms. The zero-order valence-electron chi connectivity index (χ0n) is 11.6. The van der Waals surface area contributed by atoms with Gasteiger partial charge in [0.1, 0.15) is 0 Å². The molecule has 0 aliphatic rings. The molecule has 1 aromatic carbocycles.